The van der Waals surface area contributed by atoms with Gasteiger partial charge < -0.3 is 15.0 Å². The number of likely N-dealkylation sites (N-methyl/N-ethyl adjacent to an activating group) is 1. The third kappa shape index (κ3) is 4.07. The molecule has 1 aromatic heterocycles. The second-order valence-corrected chi connectivity index (χ2v) is 7.08. The molecule has 0 spiro atoms. The molecule has 1 aliphatic rings. The first-order valence-electron chi connectivity index (χ1n) is 8.09. The van der Waals surface area contributed by atoms with Gasteiger partial charge in [0, 0.05) is 32.5 Å². The lowest BCUT2D eigenvalue weighted by molar-refractivity contribution is -0.122. The molecule has 6 heteroatoms. The Hall–Kier alpha value is -1.50. The van der Waals surface area contributed by atoms with Gasteiger partial charge in [-0.3, -0.25) is 4.79 Å². The molecule has 1 saturated heterocycles. The van der Waals surface area contributed by atoms with Gasteiger partial charge in [0.2, 0.25) is 5.91 Å². The largest absolute Gasteiger partial charge is 0.375 e. The molecule has 0 unspecified atom stereocenters. The topological polar surface area (TPSA) is 54.5 Å². The smallest absolute Gasteiger partial charge is 0.220 e. The SMILES string of the molecule is CCO[C@H]1CN(C)C[C@@H]1NC(=O)CCc1nc2ccccc2s1. The molecule has 1 fully saturated rings. The number of aryl methyl sites for hydroxylation is 1. The number of ether oxygens (including phenoxy) is 1. The monoisotopic (exact) mass is 333 g/mol. The molecule has 1 aliphatic heterocycles. The summed E-state index contributed by atoms with van der Waals surface area (Å²) in [5.74, 6) is 0.0780. The Morgan fingerprint density at radius 1 is 1.43 bits per heavy atom. The van der Waals surface area contributed by atoms with Crippen molar-refractivity contribution in [1.82, 2.24) is 15.2 Å². The first-order valence-corrected chi connectivity index (χ1v) is 8.91. The maximum atomic E-state index is 12.2. The van der Waals surface area contributed by atoms with Crippen LogP contribution in [0.3, 0.4) is 0 Å². The molecule has 0 bridgehead atoms. The van der Waals surface area contributed by atoms with Gasteiger partial charge in [0.1, 0.15) is 0 Å². The number of likely N-dealkylation sites (tertiary alicyclic amines) is 1. The zero-order valence-corrected chi connectivity index (χ0v) is 14.4. The van der Waals surface area contributed by atoms with E-state index < -0.39 is 0 Å². The Morgan fingerprint density at radius 3 is 3.04 bits per heavy atom. The van der Waals surface area contributed by atoms with Gasteiger partial charge >= 0.3 is 0 Å². The van der Waals surface area contributed by atoms with Crippen LogP contribution in [0.25, 0.3) is 10.2 Å². The van der Waals surface area contributed by atoms with E-state index in [2.05, 4.69) is 28.3 Å². The Labute approximate surface area is 140 Å². The summed E-state index contributed by atoms with van der Waals surface area (Å²) < 4.78 is 6.90. The van der Waals surface area contributed by atoms with Crippen LogP contribution in [0, 0.1) is 0 Å². The molecule has 1 N–H and O–H groups in total. The highest BCUT2D eigenvalue weighted by Crippen LogP contribution is 2.22. The zero-order chi connectivity index (χ0) is 16.2. The first kappa shape index (κ1) is 16.4. The van der Waals surface area contributed by atoms with Gasteiger partial charge in [0.25, 0.3) is 0 Å². The van der Waals surface area contributed by atoms with Crippen LogP contribution in [0.4, 0.5) is 0 Å². The summed E-state index contributed by atoms with van der Waals surface area (Å²) >= 11 is 1.67. The zero-order valence-electron chi connectivity index (χ0n) is 13.6. The van der Waals surface area contributed by atoms with Gasteiger partial charge in [0.05, 0.1) is 27.4 Å². The van der Waals surface area contributed by atoms with Crippen molar-refractivity contribution in [3.05, 3.63) is 29.3 Å². The van der Waals surface area contributed by atoms with E-state index in [4.69, 9.17) is 4.74 Å². The highest BCUT2D eigenvalue weighted by atomic mass is 32.1. The summed E-state index contributed by atoms with van der Waals surface area (Å²) in [5, 5.41) is 4.14. The molecule has 1 amide bonds. The summed E-state index contributed by atoms with van der Waals surface area (Å²) in [7, 11) is 2.05. The highest BCUT2D eigenvalue weighted by Gasteiger charge is 2.32. The van der Waals surface area contributed by atoms with E-state index in [1.54, 1.807) is 11.3 Å². The molecule has 0 saturated carbocycles. The number of thiazole rings is 1. The molecular formula is C17H23N3O2S. The van der Waals surface area contributed by atoms with Gasteiger partial charge in [-0.2, -0.15) is 0 Å². The number of hydrogen-bond donors (Lipinski definition) is 1. The van der Waals surface area contributed by atoms with Crippen molar-refractivity contribution < 1.29 is 9.53 Å². The van der Waals surface area contributed by atoms with Crippen LogP contribution in [0.1, 0.15) is 18.4 Å². The van der Waals surface area contributed by atoms with E-state index in [9.17, 15) is 4.79 Å². The quantitative estimate of drug-likeness (QED) is 0.879. The summed E-state index contributed by atoms with van der Waals surface area (Å²) in [6, 6.07) is 8.17. The van der Waals surface area contributed by atoms with Crippen LogP contribution < -0.4 is 5.32 Å². The fourth-order valence-corrected chi connectivity index (χ4v) is 3.98. The van der Waals surface area contributed by atoms with Crippen LogP contribution in [0.15, 0.2) is 24.3 Å². The van der Waals surface area contributed by atoms with Crippen molar-refractivity contribution in [2.24, 2.45) is 0 Å². The van der Waals surface area contributed by atoms with E-state index in [0.717, 1.165) is 23.6 Å². The Bertz CT molecular complexity index is 640. The molecular weight excluding hydrogens is 310 g/mol. The van der Waals surface area contributed by atoms with E-state index in [0.29, 0.717) is 19.4 Å². The standard InChI is InChI=1S/C17H23N3O2S/c1-3-22-14-11-20(2)10-13(14)18-16(21)8-9-17-19-12-6-4-5-7-15(12)23-17/h4-7,13-14H,3,8-11H2,1-2H3,(H,18,21)/t13-,14-/m0/s1. The number of hydrogen-bond acceptors (Lipinski definition) is 5. The molecule has 2 aromatic rings. The maximum Gasteiger partial charge on any atom is 0.220 e. The summed E-state index contributed by atoms with van der Waals surface area (Å²) in [4.78, 5) is 19.0. The van der Waals surface area contributed by atoms with E-state index >= 15 is 0 Å². The molecule has 1 aromatic carbocycles. The van der Waals surface area contributed by atoms with E-state index in [1.807, 2.05) is 25.1 Å². The summed E-state index contributed by atoms with van der Waals surface area (Å²) in [6.45, 7) is 4.38. The fraction of sp³-hybridized carbons (Fsp3) is 0.529. The molecule has 5 nitrogen and oxygen atoms in total. The second-order valence-electron chi connectivity index (χ2n) is 5.96. The minimum absolute atomic E-state index is 0.0780. The lowest BCUT2D eigenvalue weighted by Crippen LogP contribution is -2.44. The highest BCUT2D eigenvalue weighted by molar-refractivity contribution is 7.18. The number of nitrogens with one attached hydrogen (secondary N) is 1. The van der Waals surface area contributed by atoms with Gasteiger partial charge in [0.15, 0.2) is 0 Å². The van der Waals surface area contributed by atoms with Crippen molar-refractivity contribution in [3.63, 3.8) is 0 Å². The van der Waals surface area contributed by atoms with Crippen molar-refractivity contribution in [2.75, 3.05) is 26.7 Å². The average molecular weight is 333 g/mol. The fourth-order valence-electron chi connectivity index (χ4n) is 3.01. The van der Waals surface area contributed by atoms with Crippen LogP contribution in [0.5, 0.6) is 0 Å². The number of amides is 1. The van der Waals surface area contributed by atoms with Gasteiger partial charge in [-0.25, -0.2) is 4.98 Å². The van der Waals surface area contributed by atoms with Gasteiger partial charge in [-0.15, -0.1) is 11.3 Å². The number of carbonyl (C=O) groups excluding carboxylic acids is 1. The van der Waals surface area contributed by atoms with Gasteiger partial charge in [-0.1, -0.05) is 12.1 Å². The first-order chi connectivity index (χ1) is 11.2. The van der Waals surface area contributed by atoms with Crippen molar-refractivity contribution in [2.45, 2.75) is 31.9 Å². The predicted molar refractivity (Wildman–Crippen MR) is 92.8 cm³/mol. The van der Waals surface area contributed by atoms with Crippen LogP contribution >= 0.6 is 11.3 Å². The van der Waals surface area contributed by atoms with Crippen LogP contribution in [-0.4, -0.2) is 54.7 Å². The van der Waals surface area contributed by atoms with E-state index in [-0.39, 0.29) is 18.1 Å². The summed E-state index contributed by atoms with van der Waals surface area (Å²) in [6.07, 6.45) is 1.25. The number of nitrogens with zero attached hydrogens (tertiary/aromatic N) is 2. The Kier molecular flexibility index (Phi) is 5.25. The average Bonchev–Trinajstić information content (AvgIpc) is 3.09. The van der Waals surface area contributed by atoms with Crippen LogP contribution in [0.2, 0.25) is 0 Å². The summed E-state index contributed by atoms with van der Waals surface area (Å²) in [5.41, 5.74) is 1.02. The van der Waals surface area contributed by atoms with Crippen molar-refractivity contribution in [3.8, 4) is 0 Å². The number of fused-ring (bicyclic) bond motifs is 1. The minimum Gasteiger partial charge on any atom is -0.375 e. The van der Waals surface area contributed by atoms with Crippen molar-refractivity contribution in [1.29, 1.82) is 0 Å². The molecule has 3 rings (SSSR count). The third-order valence-electron chi connectivity index (χ3n) is 4.08. The molecule has 2 atom stereocenters. The molecule has 2 heterocycles. The molecule has 23 heavy (non-hydrogen) atoms. The van der Waals surface area contributed by atoms with Gasteiger partial charge in [-0.05, 0) is 26.1 Å². The second kappa shape index (κ2) is 7.38. The number of benzene rings is 1. The molecule has 0 radical (unpaired) electrons. The lowest BCUT2D eigenvalue weighted by atomic mass is 10.2. The minimum atomic E-state index is 0.0780. The predicted octanol–water partition coefficient (Wildman–Crippen LogP) is 2.06. The normalized spacial score (nSPS) is 21.8. The lowest BCUT2D eigenvalue weighted by Gasteiger charge is -2.19. The molecule has 0 aliphatic carbocycles. The number of rotatable bonds is 6. The maximum absolute atomic E-state index is 12.2. The van der Waals surface area contributed by atoms with E-state index in [1.165, 1.54) is 4.70 Å². The third-order valence-corrected chi connectivity index (χ3v) is 5.18. The number of para-hydroxylation sites is 1. The van der Waals surface area contributed by atoms with Crippen molar-refractivity contribution >= 4 is 27.5 Å². The molecule has 124 valence electrons. The number of carbonyl (C=O) groups is 1. The van der Waals surface area contributed by atoms with Crippen LogP contribution in [-0.2, 0) is 16.0 Å². The Morgan fingerprint density at radius 2 is 2.26 bits per heavy atom. The Balaban J connectivity index is 1.53. The number of aromatic nitrogens is 1.